The molecule has 0 saturated heterocycles. The van der Waals surface area contributed by atoms with Gasteiger partial charge in [-0.25, -0.2) is 8.42 Å². The van der Waals surface area contributed by atoms with E-state index in [4.69, 9.17) is 5.11 Å². The molecule has 0 saturated carbocycles. The number of aliphatic carboxylic acids is 1. The molecule has 116 valence electrons. The highest BCUT2D eigenvalue weighted by Gasteiger charge is 2.36. The summed E-state index contributed by atoms with van der Waals surface area (Å²) >= 11 is 1.02. The minimum absolute atomic E-state index is 0.146. The zero-order valence-electron chi connectivity index (χ0n) is 11.9. The molecule has 3 rings (SSSR count). The fourth-order valence-electron chi connectivity index (χ4n) is 2.74. The Morgan fingerprint density at radius 3 is 2.77 bits per heavy atom. The molecule has 1 atom stereocenters. The number of para-hydroxylation sites is 1. The van der Waals surface area contributed by atoms with E-state index in [1.807, 2.05) is 31.2 Å². The first-order chi connectivity index (χ1) is 10.4. The molecule has 0 amide bonds. The van der Waals surface area contributed by atoms with Crippen LogP contribution in [0.15, 0.2) is 40.6 Å². The van der Waals surface area contributed by atoms with E-state index in [1.165, 1.54) is 10.4 Å². The minimum atomic E-state index is -3.66. The number of rotatable bonds is 4. The molecule has 2 heterocycles. The molecular formula is C15H15NO4S2. The van der Waals surface area contributed by atoms with E-state index in [1.54, 1.807) is 6.07 Å². The summed E-state index contributed by atoms with van der Waals surface area (Å²) in [6.07, 6.45) is 0.523. The van der Waals surface area contributed by atoms with E-state index in [2.05, 4.69) is 0 Å². The largest absolute Gasteiger partial charge is 0.481 e. The van der Waals surface area contributed by atoms with Crippen LogP contribution < -0.4 is 4.31 Å². The lowest BCUT2D eigenvalue weighted by Crippen LogP contribution is -2.35. The smallest absolute Gasteiger partial charge is 0.308 e. The molecular weight excluding hydrogens is 322 g/mol. The molecule has 1 aromatic heterocycles. The molecule has 0 bridgehead atoms. The number of benzene rings is 1. The standard InChI is InChI=1S/C15H15NO4S2/c1-10-8-11-4-2-3-5-13(11)16(10)22(19,20)15-7-6-12(21-15)9-14(17)18/h2-7,10H,8-9H2,1H3,(H,17,18)/t10-/m1/s1. The molecule has 2 aromatic rings. The number of carbonyl (C=O) groups is 1. The Morgan fingerprint density at radius 2 is 2.05 bits per heavy atom. The van der Waals surface area contributed by atoms with Crippen molar-refractivity contribution in [2.24, 2.45) is 0 Å². The molecule has 0 fully saturated rings. The second-order valence-corrected chi connectivity index (χ2v) is 8.48. The van der Waals surface area contributed by atoms with Gasteiger partial charge in [0.25, 0.3) is 10.0 Å². The molecule has 1 aliphatic rings. The number of anilines is 1. The summed E-state index contributed by atoms with van der Waals surface area (Å²) in [7, 11) is -3.66. The van der Waals surface area contributed by atoms with E-state index in [-0.39, 0.29) is 16.7 Å². The van der Waals surface area contributed by atoms with E-state index in [0.29, 0.717) is 17.0 Å². The average Bonchev–Trinajstić information content (AvgIpc) is 3.01. The van der Waals surface area contributed by atoms with Crippen molar-refractivity contribution in [3.63, 3.8) is 0 Å². The van der Waals surface area contributed by atoms with Crippen molar-refractivity contribution < 1.29 is 18.3 Å². The van der Waals surface area contributed by atoms with Crippen LogP contribution >= 0.6 is 11.3 Å². The Kier molecular flexibility index (Phi) is 3.70. The van der Waals surface area contributed by atoms with Gasteiger partial charge in [0.15, 0.2) is 0 Å². The third-order valence-corrected chi connectivity index (χ3v) is 7.10. The quantitative estimate of drug-likeness (QED) is 0.930. The van der Waals surface area contributed by atoms with E-state index in [0.717, 1.165) is 16.9 Å². The summed E-state index contributed by atoms with van der Waals surface area (Å²) in [6, 6.07) is 10.4. The van der Waals surface area contributed by atoms with Gasteiger partial charge in [-0.3, -0.25) is 9.10 Å². The van der Waals surface area contributed by atoms with Crippen LogP contribution in [-0.2, 0) is 27.7 Å². The Bertz CT molecular complexity index is 826. The van der Waals surface area contributed by atoms with Gasteiger partial charge in [-0.1, -0.05) is 18.2 Å². The van der Waals surface area contributed by atoms with E-state index >= 15 is 0 Å². The molecule has 1 aliphatic heterocycles. The summed E-state index contributed by atoms with van der Waals surface area (Å²) in [6.45, 7) is 1.88. The Balaban J connectivity index is 2.00. The topological polar surface area (TPSA) is 74.7 Å². The summed E-state index contributed by atoms with van der Waals surface area (Å²) in [5, 5.41) is 8.81. The molecule has 0 radical (unpaired) electrons. The molecule has 1 N–H and O–H groups in total. The lowest BCUT2D eigenvalue weighted by molar-refractivity contribution is -0.136. The first kappa shape index (κ1) is 15.1. The van der Waals surface area contributed by atoms with Gasteiger partial charge in [0.1, 0.15) is 4.21 Å². The number of hydrogen-bond acceptors (Lipinski definition) is 4. The third-order valence-electron chi connectivity index (χ3n) is 3.62. The van der Waals surface area contributed by atoms with Gasteiger partial charge < -0.3 is 5.11 Å². The van der Waals surface area contributed by atoms with E-state index < -0.39 is 16.0 Å². The van der Waals surface area contributed by atoms with Crippen molar-refractivity contribution in [1.29, 1.82) is 0 Å². The normalized spacial score (nSPS) is 17.5. The summed E-state index contributed by atoms with van der Waals surface area (Å²) in [5.41, 5.74) is 1.73. The highest BCUT2D eigenvalue weighted by atomic mass is 32.2. The highest BCUT2D eigenvalue weighted by molar-refractivity contribution is 7.94. The maximum absolute atomic E-state index is 12.9. The van der Waals surface area contributed by atoms with Gasteiger partial charge in [-0.15, -0.1) is 11.3 Å². The number of sulfonamides is 1. The third kappa shape index (κ3) is 2.50. The van der Waals surface area contributed by atoms with Crippen molar-refractivity contribution >= 4 is 33.0 Å². The van der Waals surface area contributed by atoms with Crippen LogP contribution in [-0.4, -0.2) is 25.5 Å². The van der Waals surface area contributed by atoms with Crippen molar-refractivity contribution in [1.82, 2.24) is 0 Å². The van der Waals surface area contributed by atoms with Crippen LogP contribution in [0.1, 0.15) is 17.4 Å². The first-order valence-corrected chi connectivity index (χ1v) is 9.08. The number of fused-ring (bicyclic) bond motifs is 1. The SMILES string of the molecule is C[C@@H]1Cc2ccccc2N1S(=O)(=O)c1ccc(CC(=O)O)s1. The molecule has 22 heavy (non-hydrogen) atoms. The van der Waals surface area contributed by atoms with Crippen molar-refractivity contribution in [2.45, 2.75) is 30.0 Å². The summed E-state index contributed by atoms with van der Waals surface area (Å²) in [5.74, 6) is -0.967. The van der Waals surface area contributed by atoms with Crippen LogP contribution in [0.3, 0.4) is 0 Å². The Labute approximate surface area is 132 Å². The fraction of sp³-hybridized carbons (Fsp3) is 0.267. The molecule has 1 aromatic carbocycles. The van der Waals surface area contributed by atoms with Gasteiger partial charge in [-0.2, -0.15) is 0 Å². The zero-order valence-corrected chi connectivity index (χ0v) is 13.5. The highest BCUT2D eigenvalue weighted by Crippen LogP contribution is 2.38. The van der Waals surface area contributed by atoms with Gasteiger partial charge in [0.05, 0.1) is 12.1 Å². The second kappa shape index (κ2) is 5.40. The number of carboxylic acids is 1. The van der Waals surface area contributed by atoms with Crippen LogP contribution in [0.2, 0.25) is 0 Å². The summed E-state index contributed by atoms with van der Waals surface area (Å²) in [4.78, 5) is 11.3. The molecule has 0 unspecified atom stereocenters. The lowest BCUT2D eigenvalue weighted by atomic mass is 10.1. The van der Waals surface area contributed by atoms with Crippen LogP contribution in [0, 0.1) is 0 Å². The first-order valence-electron chi connectivity index (χ1n) is 6.82. The molecule has 5 nitrogen and oxygen atoms in total. The average molecular weight is 337 g/mol. The van der Waals surface area contributed by atoms with Gasteiger partial charge in [-0.05, 0) is 37.1 Å². The minimum Gasteiger partial charge on any atom is -0.481 e. The zero-order chi connectivity index (χ0) is 15.9. The summed E-state index contributed by atoms with van der Waals surface area (Å²) < 4.78 is 27.4. The second-order valence-electron chi connectivity index (χ2n) is 5.27. The van der Waals surface area contributed by atoms with Crippen LogP contribution in [0.25, 0.3) is 0 Å². The molecule has 7 heteroatoms. The van der Waals surface area contributed by atoms with Crippen LogP contribution in [0.5, 0.6) is 0 Å². The fourth-order valence-corrected chi connectivity index (χ4v) is 5.87. The number of thiophene rings is 1. The Morgan fingerprint density at radius 1 is 1.32 bits per heavy atom. The van der Waals surface area contributed by atoms with Crippen molar-refractivity contribution in [3.8, 4) is 0 Å². The predicted octanol–water partition coefficient (Wildman–Crippen LogP) is 2.52. The van der Waals surface area contributed by atoms with Crippen LogP contribution in [0.4, 0.5) is 5.69 Å². The maximum atomic E-state index is 12.9. The van der Waals surface area contributed by atoms with Gasteiger partial charge in [0, 0.05) is 10.9 Å². The van der Waals surface area contributed by atoms with E-state index in [9.17, 15) is 13.2 Å². The van der Waals surface area contributed by atoms with Crippen molar-refractivity contribution in [2.75, 3.05) is 4.31 Å². The number of nitrogens with zero attached hydrogens (tertiary/aromatic N) is 1. The van der Waals surface area contributed by atoms with Gasteiger partial charge >= 0.3 is 5.97 Å². The van der Waals surface area contributed by atoms with Crippen molar-refractivity contribution in [3.05, 3.63) is 46.8 Å². The number of hydrogen-bond donors (Lipinski definition) is 1. The predicted molar refractivity (Wildman–Crippen MR) is 84.9 cm³/mol. The maximum Gasteiger partial charge on any atom is 0.308 e. The van der Waals surface area contributed by atoms with Gasteiger partial charge in [0.2, 0.25) is 0 Å². The monoisotopic (exact) mass is 337 g/mol. The molecule has 0 spiro atoms. The number of carboxylic acid groups (broad SMARTS) is 1. The lowest BCUT2D eigenvalue weighted by Gasteiger charge is -2.23. The molecule has 0 aliphatic carbocycles. The Hall–Kier alpha value is -1.86.